The van der Waals surface area contributed by atoms with Gasteiger partial charge >= 0.3 is 0 Å². The lowest BCUT2D eigenvalue weighted by atomic mass is 9.87. The van der Waals surface area contributed by atoms with Gasteiger partial charge in [-0.2, -0.15) is 5.26 Å². The first-order valence-corrected chi connectivity index (χ1v) is 9.09. The van der Waals surface area contributed by atoms with E-state index < -0.39 is 0 Å². The third kappa shape index (κ3) is 2.84. The van der Waals surface area contributed by atoms with E-state index in [0.29, 0.717) is 11.1 Å². The average molecular weight is 354 g/mol. The number of nitrogens with zero attached hydrogens (tertiary/aromatic N) is 2. The number of hydrogen-bond acceptors (Lipinski definition) is 3. The SMILES string of the molecule is CN(c1ccc(C(C)(C)C)cc1)c1cccc2c1oc1c(C#N)cccc12. The number of nitriles is 1. The van der Waals surface area contributed by atoms with Gasteiger partial charge in [0.2, 0.25) is 0 Å². The molecular weight excluding hydrogens is 332 g/mol. The third-order valence-corrected chi connectivity index (χ3v) is 5.11. The van der Waals surface area contributed by atoms with Crippen molar-refractivity contribution in [2.75, 3.05) is 11.9 Å². The summed E-state index contributed by atoms with van der Waals surface area (Å²) >= 11 is 0. The van der Waals surface area contributed by atoms with E-state index in [9.17, 15) is 5.26 Å². The van der Waals surface area contributed by atoms with Crippen molar-refractivity contribution in [3.63, 3.8) is 0 Å². The Morgan fingerprint density at radius 3 is 2.11 bits per heavy atom. The molecule has 0 radical (unpaired) electrons. The molecule has 1 aromatic heterocycles. The highest BCUT2D eigenvalue weighted by molar-refractivity contribution is 6.10. The predicted molar refractivity (Wildman–Crippen MR) is 112 cm³/mol. The highest BCUT2D eigenvalue weighted by Gasteiger charge is 2.17. The standard InChI is InChI=1S/C24H22N2O/c1-24(2,3)17-11-13-18(14-12-17)26(4)21-10-6-9-20-19-8-5-7-16(15-25)22(19)27-23(20)21/h5-14H,1-4H3. The molecule has 0 bridgehead atoms. The van der Waals surface area contributed by atoms with Gasteiger partial charge in [0.15, 0.2) is 11.2 Å². The van der Waals surface area contributed by atoms with Crippen molar-refractivity contribution in [2.45, 2.75) is 26.2 Å². The molecule has 1 heterocycles. The van der Waals surface area contributed by atoms with Crippen molar-refractivity contribution in [1.82, 2.24) is 0 Å². The molecule has 27 heavy (non-hydrogen) atoms. The second kappa shape index (κ2) is 6.17. The second-order valence-corrected chi connectivity index (χ2v) is 7.91. The zero-order valence-corrected chi connectivity index (χ0v) is 16.1. The van der Waals surface area contributed by atoms with Gasteiger partial charge in [0.1, 0.15) is 6.07 Å². The maximum atomic E-state index is 9.39. The Bertz CT molecular complexity index is 1170. The van der Waals surface area contributed by atoms with E-state index in [4.69, 9.17) is 4.42 Å². The second-order valence-electron chi connectivity index (χ2n) is 7.91. The van der Waals surface area contributed by atoms with E-state index in [0.717, 1.165) is 27.7 Å². The van der Waals surface area contributed by atoms with Crippen LogP contribution in [0.3, 0.4) is 0 Å². The lowest BCUT2D eigenvalue weighted by molar-refractivity contribution is 0.590. The molecule has 3 nitrogen and oxygen atoms in total. The fourth-order valence-corrected chi connectivity index (χ4v) is 3.48. The first-order chi connectivity index (χ1) is 12.9. The summed E-state index contributed by atoms with van der Waals surface area (Å²) in [5, 5.41) is 11.4. The molecule has 3 aromatic carbocycles. The molecule has 3 heteroatoms. The summed E-state index contributed by atoms with van der Waals surface area (Å²) in [7, 11) is 2.04. The molecule has 0 amide bonds. The third-order valence-electron chi connectivity index (χ3n) is 5.11. The Labute approximate surface area is 159 Å². The van der Waals surface area contributed by atoms with E-state index >= 15 is 0 Å². The maximum Gasteiger partial charge on any atom is 0.159 e. The molecule has 0 atom stereocenters. The number of hydrogen-bond donors (Lipinski definition) is 0. The van der Waals surface area contributed by atoms with Crippen LogP contribution in [0.4, 0.5) is 11.4 Å². The number of anilines is 2. The molecule has 0 saturated carbocycles. The van der Waals surface area contributed by atoms with Crippen molar-refractivity contribution in [1.29, 1.82) is 5.26 Å². The lowest BCUT2D eigenvalue weighted by Crippen LogP contribution is -2.13. The monoisotopic (exact) mass is 354 g/mol. The van der Waals surface area contributed by atoms with Gasteiger partial charge in [0.05, 0.1) is 11.3 Å². The minimum atomic E-state index is 0.129. The fourth-order valence-electron chi connectivity index (χ4n) is 3.48. The summed E-state index contributed by atoms with van der Waals surface area (Å²) in [4.78, 5) is 2.13. The molecule has 0 N–H and O–H groups in total. The van der Waals surface area contributed by atoms with Crippen LogP contribution >= 0.6 is 0 Å². The van der Waals surface area contributed by atoms with Crippen LogP contribution in [0.1, 0.15) is 31.9 Å². The Morgan fingerprint density at radius 1 is 0.852 bits per heavy atom. The van der Waals surface area contributed by atoms with Crippen LogP contribution in [0.25, 0.3) is 21.9 Å². The maximum absolute atomic E-state index is 9.39. The molecule has 0 spiro atoms. The van der Waals surface area contributed by atoms with Gasteiger partial charge in [-0.15, -0.1) is 0 Å². The Kier molecular flexibility index (Phi) is 3.93. The van der Waals surface area contributed by atoms with Gasteiger partial charge in [-0.3, -0.25) is 0 Å². The first kappa shape index (κ1) is 17.2. The van der Waals surface area contributed by atoms with Crippen LogP contribution in [-0.4, -0.2) is 7.05 Å². The largest absolute Gasteiger partial charge is 0.452 e. The molecule has 0 aliphatic heterocycles. The number of para-hydroxylation sites is 2. The zero-order chi connectivity index (χ0) is 19.2. The molecule has 0 saturated heterocycles. The molecule has 4 rings (SSSR count). The minimum Gasteiger partial charge on any atom is -0.452 e. The first-order valence-electron chi connectivity index (χ1n) is 9.09. The quantitative estimate of drug-likeness (QED) is 0.411. The summed E-state index contributed by atoms with van der Waals surface area (Å²) in [5.41, 5.74) is 5.53. The topological polar surface area (TPSA) is 40.2 Å². The molecular formula is C24H22N2O. The molecule has 0 aliphatic rings. The van der Waals surface area contributed by atoms with Gasteiger partial charge in [0, 0.05) is 23.5 Å². The Balaban J connectivity index is 1.85. The van der Waals surface area contributed by atoms with Crippen LogP contribution in [-0.2, 0) is 5.41 Å². The van der Waals surface area contributed by atoms with Gasteiger partial charge in [-0.05, 0) is 35.2 Å². The number of benzene rings is 3. The van der Waals surface area contributed by atoms with Crippen molar-refractivity contribution in [3.05, 3.63) is 71.8 Å². The van der Waals surface area contributed by atoms with Crippen molar-refractivity contribution in [3.8, 4) is 6.07 Å². The highest BCUT2D eigenvalue weighted by Crippen LogP contribution is 2.38. The molecule has 4 aromatic rings. The van der Waals surface area contributed by atoms with Gasteiger partial charge in [-0.25, -0.2) is 0 Å². The molecule has 0 unspecified atom stereocenters. The van der Waals surface area contributed by atoms with E-state index in [1.54, 1.807) is 6.07 Å². The average Bonchev–Trinajstić information content (AvgIpc) is 3.05. The van der Waals surface area contributed by atoms with Crippen LogP contribution in [0.2, 0.25) is 0 Å². The van der Waals surface area contributed by atoms with E-state index in [-0.39, 0.29) is 5.41 Å². The minimum absolute atomic E-state index is 0.129. The van der Waals surface area contributed by atoms with Crippen molar-refractivity contribution >= 4 is 33.3 Å². The summed E-state index contributed by atoms with van der Waals surface area (Å²) in [5.74, 6) is 0. The molecule has 134 valence electrons. The Hall–Kier alpha value is -3.25. The molecule has 0 aliphatic carbocycles. The normalized spacial score (nSPS) is 11.7. The van der Waals surface area contributed by atoms with Gasteiger partial charge in [0.25, 0.3) is 0 Å². The lowest BCUT2D eigenvalue weighted by Gasteiger charge is -2.23. The summed E-state index contributed by atoms with van der Waals surface area (Å²) < 4.78 is 6.16. The number of rotatable bonds is 2. The highest BCUT2D eigenvalue weighted by atomic mass is 16.3. The van der Waals surface area contributed by atoms with Gasteiger partial charge in [-0.1, -0.05) is 57.2 Å². The van der Waals surface area contributed by atoms with E-state index in [1.165, 1.54) is 5.56 Å². The van der Waals surface area contributed by atoms with Crippen molar-refractivity contribution in [2.24, 2.45) is 0 Å². The van der Waals surface area contributed by atoms with Crippen molar-refractivity contribution < 1.29 is 4.42 Å². The predicted octanol–water partition coefficient (Wildman–Crippen LogP) is 6.52. The van der Waals surface area contributed by atoms with Crippen LogP contribution in [0, 0.1) is 11.3 Å². The number of fused-ring (bicyclic) bond motifs is 3. The zero-order valence-electron chi connectivity index (χ0n) is 16.1. The smallest absolute Gasteiger partial charge is 0.159 e. The summed E-state index contributed by atoms with van der Waals surface area (Å²) in [6, 6.07) is 22.7. The van der Waals surface area contributed by atoms with Gasteiger partial charge < -0.3 is 9.32 Å². The fraction of sp³-hybridized carbons (Fsp3) is 0.208. The summed E-state index contributed by atoms with van der Waals surface area (Å²) in [6.07, 6.45) is 0. The van der Waals surface area contributed by atoms with Crippen LogP contribution < -0.4 is 4.90 Å². The molecule has 0 fully saturated rings. The van der Waals surface area contributed by atoms with Crippen LogP contribution in [0.15, 0.2) is 65.1 Å². The van der Waals surface area contributed by atoms with E-state index in [1.807, 2.05) is 31.3 Å². The number of furan rings is 1. The van der Waals surface area contributed by atoms with Crippen LogP contribution in [0.5, 0.6) is 0 Å². The summed E-state index contributed by atoms with van der Waals surface area (Å²) in [6.45, 7) is 6.65. The Morgan fingerprint density at radius 2 is 1.48 bits per heavy atom. The van der Waals surface area contributed by atoms with E-state index in [2.05, 4.69) is 62.1 Å².